The van der Waals surface area contributed by atoms with Crippen molar-refractivity contribution in [3.05, 3.63) is 53.8 Å². The summed E-state index contributed by atoms with van der Waals surface area (Å²) in [6.45, 7) is 4.37. The fourth-order valence-corrected chi connectivity index (χ4v) is 9.82. The van der Waals surface area contributed by atoms with Gasteiger partial charge in [-0.2, -0.15) is 5.10 Å². The van der Waals surface area contributed by atoms with Gasteiger partial charge in [0.05, 0.1) is 23.7 Å². The third-order valence-electron chi connectivity index (χ3n) is 10.9. The van der Waals surface area contributed by atoms with Gasteiger partial charge in [-0.3, -0.25) is 4.79 Å². The largest absolute Gasteiger partial charge is 0.393 e. The lowest BCUT2D eigenvalue weighted by Gasteiger charge is -2.60. The molecule has 6 unspecified atom stereocenters. The van der Waals surface area contributed by atoms with E-state index in [4.69, 9.17) is 0 Å². The number of fused-ring (bicyclic) bond motifs is 6. The predicted octanol–water partition coefficient (Wildman–Crippen LogP) is 3.64. The van der Waals surface area contributed by atoms with Gasteiger partial charge in [-0.1, -0.05) is 37.2 Å². The van der Waals surface area contributed by atoms with E-state index in [-0.39, 0.29) is 34.7 Å². The third kappa shape index (κ3) is 3.58. The highest BCUT2D eigenvalue weighted by molar-refractivity contribution is 7.99. The van der Waals surface area contributed by atoms with Crippen LogP contribution in [0.5, 0.6) is 0 Å². The highest BCUT2D eigenvalue weighted by Gasteiger charge is 2.68. The van der Waals surface area contributed by atoms with Crippen molar-refractivity contribution in [2.75, 3.05) is 5.75 Å². The molecule has 10 heteroatoms. The van der Waals surface area contributed by atoms with Crippen molar-refractivity contribution in [2.24, 2.45) is 35.6 Å². The molecular formula is C30H36N6O3S. The average molecular weight is 561 g/mol. The van der Waals surface area contributed by atoms with Gasteiger partial charge in [-0.15, -0.1) is 10.2 Å². The molecule has 3 aromatic heterocycles. The number of rotatable bonds is 5. The topological polar surface area (TPSA) is 119 Å². The molecule has 3 saturated carbocycles. The summed E-state index contributed by atoms with van der Waals surface area (Å²) in [6.07, 6.45) is 11.4. The van der Waals surface area contributed by atoms with E-state index in [2.05, 4.69) is 40.2 Å². The zero-order valence-corrected chi connectivity index (χ0v) is 24.0. The Morgan fingerprint density at radius 3 is 2.85 bits per heavy atom. The molecule has 0 saturated heterocycles. The molecule has 0 aromatic carbocycles. The first-order valence-corrected chi connectivity index (χ1v) is 15.2. The summed E-state index contributed by atoms with van der Waals surface area (Å²) >= 11 is 1.31. The second kappa shape index (κ2) is 9.09. The molecule has 0 bridgehead atoms. The summed E-state index contributed by atoms with van der Waals surface area (Å²) < 4.78 is 3.70. The molecule has 0 spiro atoms. The molecule has 3 aromatic rings. The smallest absolute Gasteiger partial charge is 0.191 e. The maximum absolute atomic E-state index is 13.6. The fraction of sp³-hybridized carbons (Fsp3) is 0.567. The van der Waals surface area contributed by atoms with Gasteiger partial charge in [-0.25, -0.2) is 9.67 Å². The Morgan fingerprint density at radius 2 is 2.10 bits per heavy atom. The molecule has 3 heterocycles. The number of carbonyl (C=O) groups is 1. The van der Waals surface area contributed by atoms with E-state index in [1.807, 2.05) is 36.1 Å². The van der Waals surface area contributed by atoms with Crippen LogP contribution in [0.2, 0.25) is 0 Å². The number of hydrogen-bond acceptors (Lipinski definition) is 8. The van der Waals surface area contributed by atoms with Crippen molar-refractivity contribution in [1.29, 1.82) is 0 Å². The predicted molar refractivity (Wildman–Crippen MR) is 150 cm³/mol. The Morgan fingerprint density at radius 1 is 1.25 bits per heavy atom. The Hall–Kier alpha value is -2.82. The fourth-order valence-electron chi connectivity index (χ4n) is 8.96. The molecule has 7 rings (SSSR count). The van der Waals surface area contributed by atoms with Crippen LogP contribution in [-0.4, -0.2) is 63.0 Å². The molecule has 9 nitrogen and oxygen atoms in total. The molecule has 4 aliphatic carbocycles. The van der Waals surface area contributed by atoms with Crippen molar-refractivity contribution in [3.63, 3.8) is 0 Å². The van der Waals surface area contributed by atoms with Crippen LogP contribution in [0.15, 0.2) is 47.6 Å². The van der Waals surface area contributed by atoms with Gasteiger partial charge in [0.15, 0.2) is 16.8 Å². The number of Topliss-reactive ketones (excluding diaryl/α,β-unsaturated/α-hetero) is 1. The molecular weight excluding hydrogens is 524 g/mol. The van der Waals surface area contributed by atoms with Crippen LogP contribution >= 0.6 is 11.8 Å². The summed E-state index contributed by atoms with van der Waals surface area (Å²) in [5, 5.41) is 37.2. The van der Waals surface area contributed by atoms with Crippen LogP contribution in [0, 0.1) is 28.6 Å². The minimum Gasteiger partial charge on any atom is -0.393 e. The number of aromatic nitrogens is 6. The van der Waals surface area contributed by atoms with E-state index in [9.17, 15) is 15.0 Å². The number of allylic oxidation sites excluding steroid dienone is 1. The SMILES string of the molecule is Cn1cnnc1SCC(=O)[C@@]1(O)CCC2C3CCC4=Cc5c(cnn5-c5ccccn5)CC4(C)C3C(O)CC21C. The minimum absolute atomic E-state index is 0.0717. The number of aliphatic hydroxyl groups excluding tert-OH is 1. The molecule has 40 heavy (non-hydrogen) atoms. The number of thioether (sulfide) groups is 1. The number of aryl methyl sites for hydroxylation is 1. The Kier molecular flexibility index (Phi) is 5.93. The van der Waals surface area contributed by atoms with E-state index >= 15 is 0 Å². The lowest BCUT2D eigenvalue weighted by molar-refractivity contribution is -0.177. The first kappa shape index (κ1) is 26.1. The van der Waals surface area contributed by atoms with Gasteiger partial charge >= 0.3 is 0 Å². The summed E-state index contributed by atoms with van der Waals surface area (Å²) in [5.41, 5.74) is 1.33. The lowest BCUT2D eigenvalue weighted by Crippen LogP contribution is -2.62. The van der Waals surface area contributed by atoms with Crippen LogP contribution in [0.3, 0.4) is 0 Å². The number of ketones is 1. The molecule has 4 aliphatic rings. The van der Waals surface area contributed by atoms with E-state index in [0.717, 1.165) is 37.2 Å². The van der Waals surface area contributed by atoms with Gasteiger partial charge in [-0.05, 0) is 85.5 Å². The zero-order valence-electron chi connectivity index (χ0n) is 23.2. The summed E-state index contributed by atoms with van der Waals surface area (Å²) in [4.78, 5) is 18.1. The van der Waals surface area contributed by atoms with E-state index in [1.165, 1.54) is 22.9 Å². The van der Waals surface area contributed by atoms with Crippen molar-refractivity contribution in [3.8, 4) is 5.82 Å². The molecule has 0 amide bonds. The van der Waals surface area contributed by atoms with Crippen molar-refractivity contribution < 1.29 is 15.0 Å². The second-order valence-electron chi connectivity index (χ2n) is 12.8. The zero-order chi connectivity index (χ0) is 27.9. The standard InChI is InChI=1S/C30H36N6O3S/c1-28-13-18-15-33-36(25-6-4-5-11-31-25)22(18)12-19(28)7-8-20-21-9-10-30(39,29(21,2)14-23(37)26(20)28)24(38)16-40-27-34-32-17-35(27)3/h4-6,11-12,15,17,20-21,23,26,37,39H,7-10,13-14,16H2,1-3H3/t20?,21?,23?,26?,28?,29?,30-/m0/s1. The number of pyridine rings is 1. The van der Waals surface area contributed by atoms with Crippen LogP contribution in [0.1, 0.15) is 57.2 Å². The Balaban J connectivity index is 1.17. The van der Waals surface area contributed by atoms with Gasteiger partial charge < -0.3 is 14.8 Å². The molecule has 2 N–H and O–H groups in total. The van der Waals surface area contributed by atoms with Crippen LogP contribution in [0.25, 0.3) is 11.9 Å². The molecule has 0 aliphatic heterocycles. The molecule has 210 valence electrons. The van der Waals surface area contributed by atoms with Gasteiger partial charge in [0, 0.05) is 18.7 Å². The number of aliphatic hydroxyl groups is 2. The minimum atomic E-state index is -1.45. The maximum atomic E-state index is 13.6. The van der Waals surface area contributed by atoms with E-state index in [0.29, 0.717) is 18.0 Å². The first-order valence-electron chi connectivity index (χ1n) is 14.3. The summed E-state index contributed by atoms with van der Waals surface area (Å²) in [7, 11) is 1.84. The number of nitrogens with zero attached hydrogens (tertiary/aromatic N) is 6. The number of carbonyl (C=O) groups excluding carboxylic acids is 1. The van der Waals surface area contributed by atoms with Crippen molar-refractivity contribution in [1.82, 2.24) is 29.5 Å². The third-order valence-corrected chi connectivity index (χ3v) is 11.9. The van der Waals surface area contributed by atoms with Crippen LogP contribution in [-0.2, 0) is 18.3 Å². The van der Waals surface area contributed by atoms with Crippen LogP contribution in [0.4, 0.5) is 0 Å². The summed E-state index contributed by atoms with van der Waals surface area (Å²) in [6, 6.07) is 5.85. The number of hydrogen-bond donors (Lipinski definition) is 2. The molecule has 3 fully saturated rings. The summed E-state index contributed by atoms with van der Waals surface area (Å²) in [5.74, 6) is 1.29. The second-order valence-corrected chi connectivity index (χ2v) is 13.7. The Bertz CT molecular complexity index is 1500. The highest BCUT2D eigenvalue weighted by atomic mass is 32.2. The Labute approximate surface area is 238 Å². The van der Waals surface area contributed by atoms with Crippen molar-refractivity contribution in [2.45, 2.75) is 69.2 Å². The first-order chi connectivity index (χ1) is 19.2. The lowest BCUT2D eigenvalue weighted by atomic mass is 9.45. The normalized spacial score (nSPS) is 36.3. The van der Waals surface area contributed by atoms with Gasteiger partial charge in [0.2, 0.25) is 0 Å². The maximum Gasteiger partial charge on any atom is 0.191 e. The van der Waals surface area contributed by atoms with Crippen molar-refractivity contribution >= 4 is 23.6 Å². The van der Waals surface area contributed by atoms with Gasteiger partial charge in [0.1, 0.15) is 11.9 Å². The monoisotopic (exact) mass is 560 g/mol. The average Bonchev–Trinajstić information content (AvgIpc) is 3.61. The quantitative estimate of drug-likeness (QED) is 0.454. The van der Waals surface area contributed by atoms with Gasteiger partial charge in [0.25, 0.3) is 0 Å². The van der Waals surface area contributed by atoms with E-state index in [1.54, 1.807) is 17.1 Å². The van der Waals surface area contributed by atoms with Crippen LogP contribution < -0.4 is 0 Å². The molecule has 0 radical (unpaired) electrons. The highest BCUT2D eigenvalue weighted by Crippen LogP contribution is 2.67. The van der Waals surface area contributed by atoms with E-state index < -0.39 is 17.1 Å². The molecule has 7 atom stereocenters.